The topological polar surface area (TPSA) is 76.5 Å². The molecular formula is C13H12FN5O. The van der Waals surface area contributed by atoms with Crippen LogP contribution in [0.3, 0.4) is 0 Å². The Labute approximate surface area is 113 Å². The molecule has 2 aromatic heterocycles. The lowest BCUT2D eigenvalue weighted by Gasteiger charge is -2.03. The maximum absolute atomic E-state index is 13.7. The lowest BCUT2D eigenvalue weighted by molar-refractivity contribution is 0.581. The third kappa shape index (κ3) is 2.07. The number of aromatic amines is 1. The van der Waals surface area contributed by atoms with Gasteiger partial charge >= 0.3 is 0 Å². The monoisotopic (exact) mass is 273 g/mol. The maximum atomic E-state index is 13.7. The van der Waals surface area contributed by atoms with Crippen LogP contribution in [0.1, 0.15) is 18.3 Å². The summed E-state index contributed by atoms with van der Waals surface area (Å²) in [5, 5.41) is 7.69. The Morgan fingerprint density at radius 3 is 2.90 bits per heavy atom. The number of fused-ring (bicyclic) bond motifs is 1. The Hall–Kier alpha value is -2.57. The van der Waals surface area contributed by atoms with Crippen LogP contribution in [0.5, 0.6) is 0 Å². The molecule has 6 nitrogen and oxygen atoms in total. The zero-order valence-electron chi connectivity index (χ0n) is 10.8. The second kappa shape index (κ2) is 4.84. The standard InChI is InChI=1S/C13H12FN5O/c1-2-10-15-12-11(13(20)16-10)17-18-19(12)7-8-5-3-4-6-9(8)14/h3-6H,2,7H2,1H3,(H,15,16,20). The minimum Gasteiger partial charge on any atom is -0.308 e. The maximum Gasteiger partial charge on any atom is 0.281 e. The van der Waals surface area contributed by atoms with E-state index in [2.05, 4.69) is 20.3 Å². The molecule has 0 saturated carbocycles. The van der Waals surface area contributed by atoms with Crippen molar-refractivity contribution in [3.05, 3.63) is 51.8 Å². The Bertz CT molecular complexity index is 823. The van der Waals surface area contributed by atoms with Gasteiger partial charge in [0.15, 0.2) is 11.2 Å². The van der Waals surface area contributed by atoms with Crippen molar-refractivity contribution in [2.45, 2.75) is 19.9 Å². The summed E-state index contributed by atoms with van der Waals surface area (Å²) in [5.74, 6) is 0.233. The molecule has 102 valence electrons. The summed E-state index contributed by atoms with van der Waals surface area (Å²) in [6.07, 6.45) is 0.593. The molecular weight excluding hydrogens is 261 g/mol. The SMILES string of the molecule is CCc1nc2c(nnn2Cc2ccccc2F)c(=O)[nH]1. The quantitative estimate of drug-likeness (QED) is 0.779. The highest BCUT2D eigenvalue weighted by Gasteiger charge is 2.12. The van der Waals surface area contributed by atoms with E-state index in [1.54, 1.807) is 18.2 Å². The van der Waals surface area contributed by atoms with Crippen molar-refractivity contribution in [3.8, 4) is 0 Å². The summed E-state index contributed by atoms with van der Waals surface area (Å²) in [6, 6.07) is 6.41. The third-order valence-electron chi connectivity index (χ3n) is 3.04. The number of nitrogens with zero attached hydrogens (tertiary/aromatic N) is 4. The van der Waals surface area contributed by atoms with Gasteiger partial charge in [-0.1, -0.05) is 30.3 Å². The Morgan fingerprint density at radius 2 is 2.15 bits per heavy atom. The van der Waals surface area contributed by atoms with Crippen LogP contribution in [0, 0.1) is 5.82 Å². The summed E-state index contributed by atoms with van der Waals surface area (Å²) in [5.41, 5.74) is 0.679. The molecule has 3 aromatic rings. The zero-order valence-corrected chi connectivity index (χ0v) is 10.8. The van der Waals surface area contributed by atoms with Gasteiger partial charge < -0.3 is 4.98 Å². The van der Waals surface area contributed by atoms with Gasteiger partial charge in [0.25, 0.3) is 5.56 Å². The molecule has 0 unspecified atom stereocenters. The largest absolute Gasteiger partial charge is 0.308 e. The molecule has 0 aliphatic rings. The zero-order chi connectivity index (χ0) is 14.1. The summed E-state index contributed by atoms with van der Waals surface area (Å²) >= 11 is 0. The molecule has 1 aromatic carbocycles. The molecule has 0 fully saturated rings. The van der Waals surface area contributed by atoms with Crippen molar-refractivity contribution in [1.82, 2.24) is 25.0 Å². The molecule has 0 aliphatic carbocycles. The average molecular weight is 273 g/mol. The van der Waals surface area contributed by atoms with E-state index in [0.717, 1.165) is 0 Å². The Balaban J connectivity index is 2.11. The minimum atomic E-state index is -0.327. The number of hydrogen-bond donors (Lipinski definition) is 1. The molecule has 0 atom stereocenters. The number of halogens is 1. The highest BCUT2D eigenvalue weighted by atomic mass is 19.1. The van der Waals surface area contributed by atoms with Gasteiger partial charge in [-0.3, -0.25) is 4.79 Å². The number of H-pyrrole nitrogens is 1. The average Bonchev–Trinajstić information content (AvgIpc) is 2.85. The molecule has 2 heterocycles. The fourth-order valence-electron chi connectivity index (χ4n) is 1.97. The summed E-state index contributed by atoms with van der Waals surface area (Å²) in [6.45, 7) is 2.07. The number of benzene rings is 1. The Morgan fingerprint density at radius 1 is 1.35 bits per heavy atom. The molecule has 0 aliphatic heterocycles. The van der Waals surface area contributed by atoms with Crippen LogP contribution in [0.4, 0.5) is 4.39 Å². The lowest BCUT2D eigenvalue weighted by Crippen LogP contribution is -2.13. The van der Waals surface area contributed by atoms with E-state index in [-0.39, 0.29) is 23.4 Å². The summed E-state index contributed by atoms with van der Waals surface area (Å²) in [4.78, 5) is 18.7. The van der Waals surface area contributed by atoms with Crippen LogP contribution in [-0.2, 0) is 13.0 Å². The van der Waals surface area contributed by atoms with Gasteiger partial charge in [0.1, 0.15) is 11.6 Å². The number of aryl methyl sites for hydroxylation is 1. The molecule has 0 spiro atoms. The van der Waals surface area contributed by atoms with Gasteiger partial charge in [-0.25, -0.2) is 14.1 Å². The van der Waals surface area contributed by atoms with E-state index in [0.29, 0.717) is 23.5 Å². The van der Waals surface area contributed by atoms with Crippen LogP contribution in [0.25, 0.3) is 11.2 Å². The van der Waals surface area contributed by atoms with Crippen molar-refractivity contribution >= 4 is 11.2 Å². The van der Waals surface area contributed by atoms with Gasteiger partial charge in [-0.05, 0) is 6.07 Å². The first-order valence-electron chi connectivity index (χ1n) is 6.25. The second-order valence-electron chi connectivity index (χ2n) is 4.38. The van der Waals surface area contributed by atoms with Crippen LogP contribution in [0.15, 0.2) is 29.1 Å². The molecule has 0 amide bonds. The van der Waals surface area contributed by atoms with Crippen molar-refractivity contribution in [1.29, 1.82) is 0 Å². The number of aromatic nitrogens is 5. The molecule has 1 N–H and O–H groups in total. The lowest BCUT2D eigenvalue weighted by atomic mass is 10.2. The molecule has 0 bridgehead atoms. The van der Waals surface area contributed by atoms with Crippen molar-refractivity contribution < 1.29 is 4.39 Å². The van der Waals surface area contributed by atoms with Gasteiger partial charge in [0.05, 0.1) is 6.54 Å². The van der Waals surface area contributed by atoms with E-state index < -0.39 is 0 Å². The van der Waals surface area contributed by atoms with Gasteiger partial charge in [-0.2, -0.15) is 0 Å². The van der Waals surface area contributed by atoms with Crippen molar-refractivity contribution in [2.24, 2.45) is 0 Å². The van der Waals surface area contributed by atoms with E-state index in [1.165, 1.54) is 10.7 Å². The van der Waals surface area contributed by atoms with E-state index >= 15 is 0 Å². The van der Waals surface area contributed by atoms with Crippen LogP contribution >= 0.6 is 0 Å². The van der Waals surface area contributed by atoms with E-state index in [4.69, 9.17) is 0 Å². The van der Waals surface area contributed by atoms with Crippen LogP contribution in [0.2, 0.25) is 0 Å². The predicted molar refractivity (Wildman–Crippen MR) is 70.8 cm³/mol. The number of rotatable bonds is 3. The first-order valence-corrected chi connectivity index (χ1v) is 6.25. The first kappa shape index (κ1) is 12.5. The van der Waals surface area contributed by atoms with Gasteiger partial charge in [0.2, 0.25) is 0 Å². The second-order valence-corrected chi connectivity index (χ2v) is 4.38. The van der Waals surface area contributed by atoms with E-state index in [9.17, 15) is 9.18 Å². The van der Waals surface area contributed by atoms with Crippen LogP contribution in [-0.4, -0.2) is 25.0 Å². The molecule has 20 heavy (non-hydrogen) atoms. The van der Waals surface area contributed by atoms with Crippen molar-refractivity contribution in [3.63, 3.8) is 0 Å². The fourth-order valence-corrected chi connectivity index (χ4v) is 1.97. The summed E-state index contributed by atoms with van der Waals surface area (Å²) < 4.78 is 15.1. The Kier molecular flexibility index (Phi) is 3.02. The molecule has 0 radical (unpaired) electrons. The first-order chi connectivity index (χ1) is 9.69. The molecule has 7 heteroatoms. The predicted octanol–water partition coefficient (Wildman–Crippen LogP) is 1.26. The highest BCUT2D eigenvalue weighted by Crippen LogP contribution is 2.11. The van der Waals surface area contributed by atoms with Gasteiger partial charge in [0, 0.05) is 12.0 Å². The molecule has 0 saturated heterocycles. The minimum absolute atomic E-state index is 0.165. The van der Waals surface area contributed by atoms with Gasteiger partial charge in [-0.15, -0.1) is 5.10 Å². The van der Waals surface area contributed by atoms with Crippen molar-refractivity contribution in [2.75, 3.05) is 0 Å². The number of hydrogen-bond acceptors (Lipinski definition) is 4. The summed E-state index contributed by atoms with van der Waals surface area (Å²) in [7, 11) is 0. The smallest absolute Gasteiger partial charge is 0.281 e. The fraction of sp³-hybridized carbons (Fsp3) is 0.231. The molecule has 3 rings (SSSR count). The van der Waals surface area contributed by atoms with Crippen LogP contribution < -0.4 is 5.56 Å². The third-order valence-corrected chi connectivity index (χ3v) is 3.04. The van der Waals surface area contributed by atoms with E-state index in [1.807, 2.05) is 6.92 Å². The number of nitrogens with one attached hydrogen (secondary N) is 1. The normalized spacial score (nSPS) is 11.1. The highest BCUT2D eigenvalue weighted by molar-refractivity contribution is 5.68.